The molecule has 0 saturated carbocycles. The third kappa shape index (κ3) is 2.94. The molecule has 5 heteroatoms. The van der Waals surface area contributed by atoms with Crippen molar-refractivity contribution < 1.29 is 10.2 Å². The normalized spacial score (nSPS) is 12.7. The number of phenolic OH excluding ortho intramolecular Hbond substituents is 1. The van der Waals surface area contributed by atoms with E-state index in [1.165, 1.54) is 12.1 Å². The SMILES string of the molecule is [CH2]CCNC[C@H](O)c1ccc(O)c2[nH]c(=O)ccc12. The zero-order valence-corrected chi connectivity index (χ0v) is 10.5. The number of hydrogen-bond acceptors (Lipinski definition) is 4. The van der Waals surface area contributed by atoms with Gasteiger partial charge in [0, 0.05) is 18.0 Å². The molecule has 2 rings (SSSR count). The second-order valence-corrected chi connectivity index (χ2v) is 4.36. The molecule has 0 aliphatic carbocycles. The van der Waals surface area contributed by atoms with Crippen molar-refractivity contribution in [2.75, 3.05) is 13.1 Å². The van der Waals surface area contributed by atoms with Gasteiger partial charge in [-0.05, 0) is 30.7 Å². The summed E-state index contributed by atoms with van der Waals surface area (Å²) in [4.78, 5) is 13.9. The van der Waals surface area contributed by atoms with Crippen molar-refractivity contribution in [3.63, 3.8) is 0 Å². The molecule has 0 saturated heterocycles. The zero-order valence-electron chi connectivity index (χ0n) is 10.5. The van der Waals surface area contributed by atoms with Crippen LogP contribution in [0.2, 0.25) is 0 Å². The molecule has 1 radical (unpaired) electrons. The fourth-order valence-electron chi connectivity index (χ4n) is 2.02. The maximum Gasteiger partial charge on any atom is 0.248 e. The van der Waals surface area contributed by atoms with Gasteiger partial charge in [0.25, 0.3) is 0 Å². The van der Waals surface area contributed by atoms with Gasteiger partial charge in [-0.25, -0.2) is 0 Å². The topological polar surface area (TPSA) is 85.3 Å². The lowest BCUT2D eigenvalue weighted by atomic mass is 10.0. The minimum absolute atomic E-state index is 0.00522. The number of aliphatic hydroxyl groups is 1. The standard InChI is InChI=1S/C14H17N2O3/c1-2-7-15-8-12(18)9-3-5-11(17)14-10(9)4-6-13(19)16-14/h3-6,12,15,17-18H,1-2,7-8H2,(H,16,19)/t12-/m0/s1. The van der Waals surface area contributed by atoms with Crippen LogP contribution < -0.4 is 10.9 Å². The van der Waals surface area contributed by atoms with Gasteiger partial charge < -0.3 is 20.5 Å². The van der Waals surface area contributed by atoms with E-state index in [4.69, 9.17) is 0 Å². The Morgan fingerprint density at radius 3 is 2.84 bits per heavy atom. The quantitative estimate of drug-likeness (QED) is 0.607. The number of pyridine rings is 1. The number of aliphatic hydroxyl groups excluding tert-OH is 1. The Labute approximate surface area is 110 Å². The predicted molar refractivity (Wildman–Crippen MR) is 74.0 cm³/mol. The summed E-state index contributed by atoms with van der Waals surface area (Å²) in [6, 6.07) is 6.11. The van der Waals surface area contributed by atoms with E-state index in [0.717, 1.165) is 13.0 Å². The monoisotopic (exact) mass is 261 g/mol. The van der Waals surface area contributed by atoms with Crippen LogP contribution in [-0.4, -0.2) is 28.3 Å². The molecule has 5 nitrogen and oxygen atoms in total. The fourth-order valence-corrected chi connectivity index (χ4v) is 2.02. The molecule has 0 amide bonds. The molecular weight excluding hydrogens is 244 g/mol. The van der Waals surface area contributed by atoms with E-state index in [0.29, 0.717) is 23.0 Å². The number of aromatic nitrogens is 1. The number of benzene rings is 1. The molecule has 19 heavy (non-hydrogen) atoms. The van der Waals surface area contributed by atoms with Gasteiger partial charge in [0.05, 0.1) is 11.6 Å². The molecular formula is C14H17N2O3. The molecule has 1 atom stereocenters. The predicted octanol–water partition coefficient (Wildman–Crippen LogP) is 1.08. The molecule has 0 aliphatic heterocycles. The second-order valence-electron chi connectivity index (χ2n) is 4.36. The van der Waals surface area contributed by atoms with Gasteiger partial charge in [0.2, 0.25) is 5.56 Å². The van der Waals surface area contributed by atoms with Crippen LogP contribution in [0.15, 0.2) is 29.1 Å². The van der Waals surface area contributed by atoms with E-state index in [-0.39, 0.29) is 11.3 Å². The number of rotatable bonds is 5. The van der Waals surface area contributed by atoms with Gasteiger partial charge in [0.1, 0.15) is 5.75 Å². The maximum atomic E-state index is 11.3. The lowest BCUT2D eigenvalue weighted by Crippen LogP contribution is -2.22. The van der Waals surface area contributed by atoms with E-state index in [1.807, 2.05) is 0 Å². The molecule has 0 spiro atoms. The summed E-state index contributed by atoms with van der Waals surface area (Å²) in [6.07, 6.45) is 0.0386. The van der Waals surface area contributed by atoms with E-state index >= 15 is 0 Å². The van der Waals surface area contributed by atoms with Crippen molar-refractivity contribution in [3.8, 4) is 5.75 Å². The number of aromatic amines is 1. The van der Waals surface area contributed by atoms with Crippen molar-refractivity contribution in [2.45, 2.75) is 12.5 Å². The van der Waals surface area contributed by atoms with E-state index in [9.17, 15) is 15.0 Å². The van der Waals surface area contributed by atoms with Gasteiger partial charge in [-0.1, -0.05) is 13.0 Å². The first kappa shape index (κ1) is 13.6. The highest BCUT2D eigenvalue weighted by Crippen LogP contribution is 2.28. The van der Waals surface area contributed by atoms with E-state index in [1.54, 1.807) is 12.1 Å². The number of fused-ring (bicyclic) bond motifs is 1. The van der Waals surface area contributed by atoms with Crippen LogP contribution in [0.3, 0.4) is 0 Å². The summed E-state index contributed by atoms with van der Waals surface area (Å²) < 4.78 is 0. The Kier molecular flexibility index (Phi) is 4.19. The third-order valence-electron chi connectivity index (χ3n) is 2.96. The van der Waals surface area contributed by atoms with Gasteiger partial charge in [-0.15, -0.1) is 0 Å². The minimum atomic E-state index is -0.708. The maximum absolute atomic E-state index is 11.3. The summed E-state index contributed by atoms with van der Waals surface area (Å²) in [5, 5.41) is 23.6. The average Bonchev–Trinajstić information content (AvgIpc) is 2.40. The van der Waals surface area contributed by atoms with Crippen molar-refractivity contribution in [2.24, 2.45) is 0 Å². The van der Waals surface area contributed by atoms with Gasteiger partial charge >= 0.3 is 0 Å². The molecule has 4 N–H and O–H groups in total. The highest BCUT2D eigenvalue weighted by Gasteiger charge is 2.13. The molecule has 0 aliphatic rings. The van der Waals surface area contributed by atoms with Crippen LogP contribution in [-0.2, 0) is 0 Å². The summed E-state index contributed by atoms with van der Waals surface area (Å²) >= 11 is 0. The molecule has 1 aromatic heterocycles. The van der Waals surface area contributed by atoms with E-state index in [2.05, 4.69) is 17.2 Å². The van der Waals surface area contributed by atoms with Gasteiger partial charge in [-0.3, -0.25) is 4.79 Å². The van der Waals surface area contributed by atoms with Crippen LogP contribution in [0.25, 0.3) is 10.9 Å². The number of nitrogens with one attached hydrogen (secondary N) is 2. The van der Waals surface area contributed by atoms with Crippen LogP contribution in [0.5, 0.6) is 5.75 Å². The summed E-state index contributed by atoms with van der Waals surface area (Å²) in [6.45, 7) is 4.83. The average molecular weight is 261 g/mol. The first-order chi connectivity index (χ1) is 9.13. The van der Waals surface area contributed by atoms with Crippen molar-refractivity contribution in [3.05, 3.63) is 47.1 Å². The van der Waals surface area contributed by atoms with Gasteiger partial charge in [-0.2, -0.15) is 0 Å². The smallest absolute Gasteiger partial charge is 0.248 e. The van der Waals surface area contributed by atoms with Crippen LogP contribution >= 0.6 is 0 Å². The fraction of sp³-hybridized carbons (Fsp3) is 0.286. The molecule has 1 aromatic carbocycles. The van der Waals surface area contributed by atoms with Crippen LogP contribution in [0.4, 0.5) is 0 Å². The highest BCUT2D eigenvalue weighted by atomic mass is 16.3. The van der Waals surface area contributed by atoms with Crippen LogP contribution in [0, 0.1) is 6.92 Å². The molecule has 0 fully saturated rings. The Morgan fingerprint density at radius 1 is 1.32 bits per heavy atom. The molecule has 101 valence electrons. The summed E-state index contributed by atoms with van der Waals surface area (Å²) in [5.74, 6) is -0.00522. The largest absolute Gasteiger partial charge is 0.506 e. The van der Waals surface area contributed by atoms with E-state index < -0.39 is 6.10 Å². The first-order valence-corrected chi connectivity index (χ1v) is 6.16. The molecule has 0 unspecified atom stereocenters. The third-order valence-corrected chi connectivity index (χ3v) is 2.96. The Balaban J connectivity index is 2.38. The minimum Gasteiger partial charge on any atom is -0.506 e. The first-order valence-electron chi connectivity index (χ1n) is 6.16. The number of H-pyrrole nitrogens is 1. The Bertz CT molecular complexity index is 622. The second kappa shape index (κ2) is 5.86. The molecule has 0 bridgehead atoms. The van der Waals surface area contributed by atoms with Crippen molar-refractivity contribution >= 4 is 10.9 Å². The Hall–Kier alpha value is -1.85. The highest BCUT2D eigenvalue weighted by molar-refractivity contribution is 5.87. The zero-order chi connectivity index (χ0) is 13.8. The van der Waals surface area contributed by atoms with Crippen molar-refractivity contribution in [1.29, 1.82) is 0 Å². The summed E-state index contributed by atoms with van der Waals surface area (Å²) in [5.41, 5.74) is 0.728. The molecule has 1 heterocycles. The van der Waals surface area contributed by atoms with Crippen LogP contribution in [0.1, 0.15) is 18.1 Å². The van der Waals surface area contributed by atoms with Gasteiger partial charge in [0.15, 0.2) is 0 Å². The lowest BCUT2D eigenvalue weighted by molar-refractivity contribution is 0.176. The molecule has 2 aromatic rings. The number of hydrogen-bond donors (Lipinski definition) is 4. The van der Waals surface area contributed by atoms with Crippen molar-refractivity contribution in [1.82, 2.24) is 10.3 Å². The Morgan fingerprint density at radius 2 is 2.11 bits per heavy atom. The summed E-state index contributed by atoms with van der Waals surface area (Å²) in [7, 11) is 0. The lowest BCUT2D eigenvalue weighted by Gasteiger charge is -2.14. The number of phenols is 1. The number of aromatic hydroxyl groups is 1.